The second-order valence-corrected chi connectivity index (χ2v) is 7.31. The summed E-state index contributed by atoms with van der Waals surface area (Å²) >= 11 is 0. The predicted molar refractivity (Wildman–Crippen MR) is 128 cm³/mol. The number of nitrogens with zero attached hydrogens (tertiary/aromatic N) is 3. The number of nitrogens with one attached hydrogen (secondary N) is 1. The summed E-state index contributed by atoms with van der Waals surface area (Å²) in [5, 5.41) is 14.1. The molecule has 0 bridgehead atoms. The van der Waals surface area contributed by atoms with Gasteiger partial charge in [0.05, 0.1) is 29.0 Å². The summed E-state index contributed by atoms with van der Waals surface area (Å²) in [6, 6.07) is 23.1. The van der Waals surface area contributed by atoms with Gasteiger partial charge in [0.1, 0.15) is 5.75 Å². The molecular weight excluding hydrogens is 420 g/mol. The lowest BCUT2D eigenvalue weighted by atomic mass is 10.1. The number of aromatic amines is 1. The first-order valence-electron chi connectivity index (χ1n) is 10.3. The number of benzene rings is 3. The van der Waals surface area contributed by atoms with Crippen molar-refractivity contribution in [2.24, 2.45) is 4.99 Å². The average Bonchev–Trinajstić information content (AvgIpc) is 3.18. The maximum Gasteiger partial charge on any atom is 0.280 e. The fraction of sp³-hybridized carbons (Fsp3) is 0.120. The number of ether oxygens (including phenoxy) is 1. The van der Waals surface area contributed by atoms with E-state index in [0.29, 0.717) is 29.2 Å². The highest BCUT2D eigenvalue weighted by molar-refractivity contribution is 5.88. The monoisotopic (exact) mass is 442 g/mol. The molecule has 0 saturated carbocycles. The minimum Gasteiger partial charge on any atom is -0.497 e. The van der Waals surface area contributed by atoms with Gasteiger partial charge in [-0.05, 0) is 48.4 Å². The molecule has 8 heteroatoms. The van der Waals surface area contributed by atoms with Gasteiger partial charge >= 0.3 is 0 Å². The molecule has 0 saturated heterocycles. The Morgan fingerprint density at radius 1 is 1.03 bits per heavy atom. The maximum atomic E-state index is 13.3. The van der Waals surface area contributed by atoms with E-state index in [1.807, 2.05) is 54.6 Å². The van der Waals surface area contributed by atoms with Gasteiger partial charge in [0.25, 0.3) is 11.2 Å². The fourth-order valence-electron chi connectivity index (χ4n) is 3.45. The van der Waals surface area contributed by atoms with E-state index < -0.39 is 4.92 Å². The summed E-state index contributed by atoms with van der Waals surface area (Å²) in [7, 11) is 1.59. The van der Waals surface area contributed by atoms with Crippen LogP contribution >= 0.6 is 0 Å². The molecule has 0 aliphatic carbocycles. The van der Waals surface area contributed by atoms with E-state index in [1.54, 1.807) is 13.3 Å². The van der Waals surface area contributed by atoms with E-state index >= 15 is 0 Å². The van der Waals surface area contributed by atoms with Crippen LogP contribution in [0.15, 0.2) is 88.6 Å². The van der Waals surface area contributed by atoms with Crippen LogP contribution < -0.4 is 10.3 Å². The summed E-state index contributed by atoms with van der Waals surface area (Å²) in [5.41, 5.74) is 3.12. The molecule has 0 amide bonds. The Hall–Kier alpha value is -4.46. The molecule has 0 spiro atoms. The van der Waals surface area contributed by atoms with Gasteiger partial charge < -0.3 is 4.74 Å². The van der Waals surface area contributed by atoms with E-state index in [1.165, 1.54) is 34.5 Å². The molecule has 166 valence electrons. The standard InChI is InChI=1S/C25H22N4O4/c1-33-22-13-7-19(8-14-22)24-23(17-26-16-15-18-5-3-2-4-6-18)25(30)28(27-24)20-9-11-21(12-10-20)29(31)32/h2-14,17,27H,15-16H2,1H3. The molecule has 0 fully saturated rings. The van der Waals surface area contributed by atoms with E-state index in [2.05, 4.69) is 10.1 Å². The molecule has 1 N–H and O–H groups in total. The predicted octanol–water partition coefficient (Wildman–Crippen LogP) is 4.41. The van der Waals surface area contributed by atoms with E-state index in [-0.39, 0.29) is 11.2 Å². The minimum atomic E-state index is -0.477. The maximum absolute atomic E-state index is 13.3. The van der Waals surface area contributed by atoms with Gasteiger partial charge in [-0.25, -0.2) is 4.68 Å². The van der Waals surface area contributed by atoms with E-state index in [0.717, 1.165) is 12.0 Å². The minimum absolute atomic E-state index is 0.0450. The van der Waals surface area contributed by atoms with Crippen LogP contribution in [0.25, 0.3) is 16.9 Å². The van der Waals surface area contributed by atoms with Crippen molar-refractivity contribution in [2.75, 3.05) is 13.7 Å². The Labute approximate surface area is 189 Å². The summed E-state index contributed by atoms with van der Waals surface area (Å²) in [6.07, 6.45) is 2.35. The summed E-state index contributed by atoms with van der Waals surface area (Å²) in [6.45, 7) is 0.536. The van der Waals surface area contributed by atoms with Gasteiger partial charge in [-0.3, -0.25) is 25.0 Å². The zero-order valence-corrected chi connectivity index (χ0v) is 18.0. The van der Waals surface area contributed by atoms with Gasteiger partial charge in [0.15, 0.2) is 0 Å². The van der Waals surface area contributed by atoms with Crippen LogP contribution in [0.2, 0.25) is 0 Å². The summed E-state index contributed by atoms with van der Waals surface area (Å²) in [5.74, 6) is 0.703. The van der Waals surface area contributed by atoms with Crippen molar-refractivity contribution in [3.63, 3.8) is 0 Å². The zero-order chi connectivity index (χ0) is 23.2. The molecule has 0 radical (unpaired) electrons. The van der Waals surface area contributed by atoms with Crippen LogP contribution in [0.3, 0.4) is 0 Å². The van der Waals surface area contributed by atoms with Crippen molar-refractivity contribution < 1.29 is 9.66 Å². The molecule has 0 aliphatic rings. The topological polar surface area (TPSA) is 103 Å². The molecule has 4 rings (SSSR count). The molecule has 0 aliphatic heterocycles. The Morgan fingerprint density at radius 2 is 1.73 bits per heavy atom. The van der Waals surface area contributed by atoms with Gasteiger partial charge in [-0.15, -0.1) is 0 Å². The first kappa shape index (κ1) is 21.8. The van der Waals surface area contributed by atoms with Crippen LogP contribution in [-0.2, 0) is 6.42 Å². The Morgan fingerprint density at radius 3 is 2.36 bits per heavy atom. The third kappa shape index (κ3) is 4.90. The molecule has 1 aromatic heterocycles. The molecule has 0 atom stereocenters. The van der Waals surface area contributed by atoms with Crippen LogP contribution in [0.4, 0.5) is 5.69 Å². The highest BCUT2D eigenvalue weighted by atomic mass is 16.6. The second kappa shape index (κ2) is 9.78. The fourth-order valence-corrected chi connectivity index (χ4v) is 3.45. The van der Waals surface area contributed by atoms with Crippen LogP contribution in [0.5, 0.6) is 5.75 Å². The van der Waals surface area contributed by atoms with E-state index in [9.17, 15) is 14.9 Å². The Kier molecular flexibility index (Phi) is 6.45. The van der Waals surface area contributed by atoms with E-state index in [4.69, 9.17) is 4.74 Å². The number of hydrogen-bond donors (Lipinski definition) is 1. The number of nitro groups is 1. The van der Waals surface area contributed by atoms with Gasteiger partial charge in [-0.1, -0.05) is 30.3 Å². The number of nitro benzene ring substituents is 1. The van der Waals surface area contributed by atoms with Crippen LogP contribution in [0.1, 0.15) is 11.1 Å². The normalized spacial score (nSPS) is 11.1. The SMILES string of the molecule is COc1ccc(-c2[nH]n(-c3ccc([N+](=O)[O-])cc3)c(=O)c2C=NCCc2ccccc2)cc1. The van der Waals surface area contributed by atoms with Gasteiger partial charge in [0.2, 0.25) is 0 Å². The molecule has 1 heterocycles. The third-order valence-electron chi connectivity index (χ3n) is 5.22. The Balaban J connectivity index is 1.69. The lowest BCUT2D eigenvalue weighted by Crippen LogP contribution is -2.17. The smallest absolute Gasteiger partial charge is 0.280 e. The number of non-ortho nitro benzene ring substituents is 1. The number of aromatic nitrogens is 2. The van der Waals surface area contributed by atoms with Gasteiger partial charge in [0, 0.05) is 30.5 Å². The highest BCUT2D eigenvalue weighted by Crippen LogP contribution is 2.23. The molecule has 8 nitrogen and oxygen atoms in total. The average molecular weight is 442 g/mol. The number of methoxy groups -OCH3 is 1. The van der Waals surface area contributed by atoms with Crippen molar-refractivity contribution >= 4 is 11.9 Å². The zero-order valence-electron chi connectivity index (χ0n) is 18.0. The lowest BCUT2D eigenvalue weighted by molar-refractivity contribution is -0.384. The number of H-pyrrole nitrogens is 1. The van der Waals surface area contributed by atoms with Crippen molar-refractivity contribution in [1.29, 1.82) is 0 Å². The summed E-state index contributed by atoms with van der Waals surface area (Å²) < 4.78 is 6.59. The van der Waals surface area contributed by atoms with Crippen molar-refractivity contribution in [1.82, 2.24) is 9.78 Å². The van der Waals surface area contributed by atoms with Gasteiger partial charge in [-0.2, -0.15) is 0 Å². The number of rotatable bonds is 8. The Bertz CT molecular complexity index is 1320. The second-order valence-electron chi connectivity index (χ2n) is 7.31. The first-order chi connectivity index (χ1) is 16.1. The first-order valence-corrected chi connectivity index (χ1v) is 10.3. The third-order valence-corrected chi connectivity index (χ3v) is 5.22. The highest BCUT2D eigenvalue weighted by Gasteiger charge is 2.16. The molecule has 3 aromatic carbocycles. The molecule has 4 aromatic rings. The molecular formula is C25H22N4O4. The number of hydrogen-bond acceptors (Lipinski definition) is 5. The van der Waals surface area contributed by atoms with Crippen molar-refractivity contribution in [3.05, 3.63) is 110 Å². The lowest BCUT2D eigenvalue weighted by Gasteiger charge is -2.04. The summed E-state index contributed by atoms with van der Waals surface area (Å²) in [4.78, 5) is 28.2. The number of aliphatic imine (C=N–C) groups is 1. The largest absolute Gasteiger partial charge is 0.497 e. The van der Waals surface area contributed by atoms with Crippen molar-refractivity contribution in [2.45, 2.75) is 6.42 Å². The van der Waals surface area contributed by atoms with Crippen LogP contribution in [-0.4, -0.2) is 34.6 Å². The molecule has 0 unspecified atom stereocenters. The van der Waals surface area contributed by atoms with Crippen molar-refractivity contribution in [3.8, 4) is 22.7 Å². The molecule has 33 heavy (non-hydrogen) atoms. The quantitative estimate of drug-likeness (QED) is 0.248. The van der Waals surface area contributed by atoms with Crippen LogP contribution in [0, 0.1) is 10.1 Å².